The van der Waals surface area contributed by atoms with Crippen LogP contribution in [0, 0.1) is 6.92 Å². The molecule has 0 saturated carbocycles. The number of aliphatic carboxylic acids is 2. The second-order valence-corrected chi connectivity index (χ2v) is 8.80. The molecule has 2 rings (SSSR count). The minimum Gasteiger partial charge on any atom is -0.483 e. The average Bonchev–Trinajstić information content (AvgIpc) is 2.72. The van der Waals surface area contributed by atoms with Crippen molar-refractivity contribution in [2.24, 2.45) is 5.10 Å². The Labute approximate surface area is 213 Å². The van der Waals surface area contributed by atoms with E-state index >= 15 is 0 Å². The van der Waals surface area contributed by atoms with Crippen LogP contribution in [0.2, 0.25) is 0 Å². The first-order valence-electron chi connectivity index (χ1n) is 9.00. The monoisotopic (exact) mass is 650 g/mol. The predicted molar refractivity (Wildman–Crippen MR) is 128 cm³/mol. The van der Waals surface area contributed by atoms with Crippen LogP contribution in [-0.4, -0.2) is 54.1 Å². The summed E-state index contributed by atoms with van der Waals surface area (Å²) in [7, 11) is 0. The maximum atomic E-state index is 12.1. The molecule has 33 heavy (non-hydrogen) atoms. The van der Waals surface area contributed by atoms with E-state index in [1.165, 1.54) is 12.3 Å². The van der Waals surface area contributed by atoms with Crippen molar-refractivity contribution < 1.29 is 38.8 Å². The van der Waals surface area contributed by atoms with Gasteiger partial charge in [-0.25, -0.2) is 15.0 Å². The van der Waals surface area contributed by atoms with Crippen molar-refractivity contribution in [2.75, 3.05) is 19.8 Å². The smallest absolute Gasteiger partial charge is 0.341 e. The molecule has 0 aromatic heterocycles. The molecule has 0 aliphatic rings. The summed E-state index contributed by atoms with van der Waals surface area (Å²) in [4.78, 5) is 33.8. The minimum atomic E-state index is -1.23. The summed E-state index contributed by atoms with van der Waals surface area (Å²) >= 11 is 9.84. The first-order valence-corrected chi connectivity index (χ1v) is 11.4. The largest absolute Gasteiger partial charge is 0.483 e. The van der Waals surface area contributed by atoms with Gasteiger partial charge in [0.1, 0.15) is 16.0 Å². The summed E-state index contributed by atoms with van der Waals surface area (Å²) in [5.74, 6) is -2.35. The van der Waals surface area contributed by atoms with Crippen LogP contribution in [-0.2, 0) is 14.4 Å². The fraction of sp³-hybridized carbons (Fsp3) is 0.200. The number of amides is 1. The maximum Gasteiger partial charge on any atom is 0.341 e. The van der Waals surface area contributed by atoms with Crippen molar-refractivity contribution in [3.05, 3.63) is 48.8 Å². The number of carbonyl (C=O) groups is 3. The summed E-state index contributed by atoms with van der Waals surface area (Å²) in [6.45, 7) is 0.323. The predicted octanol–water partition coefficient (Wildman–Crippen LogP) is 3.74. The molecule has 13 heteroatoms. The highest BCUT2D eigenvalue weighted by atomic mass is 79.9. The third-order valence-corrected chi connectivity index (χ3v) is 5.61. The SMILES string of the molecule is Cc1ccc(OCC(=O)N/N=C/c2cc(Br)c(OCC(=O)O)c(Br)c2OCC(=O)O)c(Br)c1. The number of nitrogens with one attached hydrogen (secondary N) is 1. The van der Waals surface area contributed by atoms with Crippen LogP contribution in [0.5, 0.6) is 17.2 Å². The van der Waals surface area contributed by atoms with Crippen LogP contribution in [0.25, 0.3) is 0 Å². The van der Waals surface area contributed by atoms with Crippen LogP contribution >= 0.6 is 47.8 Å². The van der Waals surface area contributed by atoms with Crippen molar-refractivity contribution >= 4 is 71.9 Å². The molecular weight excluding hydrogens is 636 g/mol. The van der Waals surface area contributed by atoms with E-state index in [9.17, 15) is 14.4 Å². The Kier molecular flexibility index (Phi) is 10.1. The molecule has 0 bridgehead atoms. The normalized spacial score (nSPS) is 10.7. The average molecular weight is 653 g/mol. The molecule has 0 heterocycles. The molecule has 10 nitrogen and oxygen atoms in total. The van der Waals surface area contributed by atoms with Crippen molar-refractivity contribution in [3.8, 4) is 17.2 Å². The number of halogens is 3. The molecule has 2 aromatic carbocycles. The Balaban J connectivity index is 2.13. The second kappa shape index (κ2) is 12.6. The lowest BCUT2D eigenvalue weighted by atomic mass is 10.2. The van der Waals surface area contributed by atoms with Crippen molar-refractivity contribution in [3.63, 3.8) is 0 Å². The van der Waals surface area contributed by atoms with Gasteiger partial charge in [-0.15, -0.1) is 0 Å². The third kappa shape index (κ3) is 8.33. The van der Waals surface area contributed by atoms with E-state index in [0.717, 1.165) is 5.56 Å². The number of carbonyl (C=O) groups excluding carboxylic acids is 1. The molecule has 0 aliphatic heterocycles. The first-order chi connectivity index (χ1) is 15.6. The van der Waals surface area contributed by atoms with Crippen LogP contribution in [0.3, 0.4) is 0 Å². The second-order valence-electron chi connectivity index (χ2n) is 6.30. The number of carboxylic acids is 2. The molecule has 0 fully saturated rings. The highest BCUT2D eigenvalue weighted by molar-refractivity contribution is 9.11. The number of hydrazone groups is 1. The number of nitrogens with zero attached hydrogens (tertiary/aromatic N) is 1. The molecule has 2 aromatic rings. The van der Waals surface area contributed by atoms with Crippen molar-refractivity contribution in [1.82, 2.24) is 5.43 Å². The maximum absolute atomic E-state index is 12.1. The number of hydrogen-bond donors (Lipinski definition) is 3. The Bertz CT molecular complexity index is 1090. The van der Waals surface area contributed by atoms with E-state index in [0.29, 0.717) is 14.7 Å². The van der Waals surface area contributed by atoms with Gasteiger partial charge in [0.15, 0.2) is 25.6 Å². The zero-order valence-corrected chi connectivity index (χ0v) is 21.7. The molecule has 176 valence electrons. The van der Waals surface area contributed by atoms with E-state index in [4.69, 9.17) is 24.4 Å². The number of aryl methyl sites for hydroxylation is 1. The summed E-state index contributed by atoms with van der Waals surface area (Å²) in [6.07, 6.45) is 1.23. The third-order valence-electron chi connectivity index (χ3n) is 3.68. The van der Waals surface area contributed by atoms with Gasteiger partial charge in [0, 0.05) is 5.56 Å². The number of benzene rings is 2. The highest BCUT2D eigenvalue weighted by Gasteiger charge is 2.19. The Morgan fingerprint density at radius 1 is 0.939 bits per heavy atom. The molecule has 0 radical (unpaired) electrons. The van der Waals surface area contributed by atoms with Gasteiger partial charge in [-0.05, 0) is 78.5 Å². The number of ether oxygens (including phenoxy) is 3. The minimum absolute atomic E-state index is 0.0267. The van der Waals surface area contributed by atoms with Gasteiger partial charge in [0.25, 0.3) is 5.91 Å². The van der Waals surface area contributed by atoms with Crippen LogP contribution in [0.4, 0.5) is 0 Å². The van der Waals surface area contributed by atoms with Crippen LogP contribution < -0.4 is 19.6 Å². The lowest BCUT2D eigenvalue weighted by Crippen LogP contribution is -2.24. The first kappa shape index (κ1) is 26.6. The zero-order valence-electron chi connectivity index (χ0n) is 16.9. The zero-order chi connectivity index (χ0) is 24.5. The fourth-order valence-electron chi connectivity index (χ4n) is 2.32. The Morgan fingerprint density at radius 2 is 1.58 bits per heavy atom. The standard InChI is InChI=1S/C20H17Br3N2O8/c1-10-2-3-14(12(21)4-10)31-7-15(26)25-24-6-11-5-13(22)20(33-9-17(29)30)18(23)19(11)32-8-16(27)28/h2-6H,7-9H2,1H3,(H,25,26)(H,27,28)(H,29,30)/b24-6+. The van der Waals surface area contributed by atoms with Crippen molar-refractivity contribution in [1.29, 1.82) is 0 Å². The van der Waals surface area contributed by atoms with Gasteiger partial charge in [-0.1, -0.05) is 6.07 Å². The quantitative estimate of drug-likeness (QED) is 0.246. The van der Waals surface area contributed by atoms with E-state index in [1.54, 1.807) is 6.07 Å². The molecule has 3 N–H and O–H groups in total. The molecule has 0 saturated heterocycles. The van der Waals surface area contributed by atoms with E-state index in [2.05, 4.69) is 58.3 Å². The van der Waals surface area contributed by atoms with Crippen LogP contribution in [0.15, 0.2) is 42.8 Å². The van der Waals surface area contributed by atoms with Gasteiger partial charge in [0.2, 0.25) is 0 Å². The lowest BCUT2D eigenvalue weighted by Gasteiger charge is -2.15. The molecule has 0 unspecified atom stereocenters. The Morgan fingerprint density at radius 3 is 2.18 bits per heavy atom. The Hall–Kier alpha value is -2.64. The van der Waals surface area contributed by atoms with E-state index in [1.807, 2.05) is 19.1 Å². The summed E-state index contributed by atoms with van der Waals surface area (Å²) in [6, 6.07) is 6.89. The lowest BCUT2D eigenvalue weighted by molar-refractivity contribution is -0.140. The van der Waals surface area contributed by atoms with Gasteiger partial charge >= 0.3 is 11.9 Å². The van der Waals surface area contributed by atoms with Gasteiger partial charge in [-0.3, -0.25) is 4.79 Å². The fourth-order valence-corrected chi connectivity index (χ4v) is 4.42. The van der Waals surface area contributed by atoms with Gasteiger partial charge < -0.3 is 24.4 Å². The van der Waals surface area contributed by atoms with Gasteiger partial charge in [0.05, 0.1) is 15.2 Å². The molecule has 0 spiro atoms. The molecule has 1 amide bonds. The molecule has 0 atom stereocenters. The summed E-state index contributed by atoms with van der Waals surface area (Å²) in [5.41, 5.74) is 3.60. The van der Waals surface area contributed by atoms with Crippen molar-refractivity contribution in [2.45, 2.75) is 6.92 Å². The summed E-state index contributed by atoms with van der Waals surface area (Å²) in [5, 5.41) is 21.6. The van der Waals surface area contributed by atoms with Crippen LogP contribution in [0.1, 0.15) is 11.1 Å². The van der Waals surface area contributed by atoms with E-state index < -0.39 is 31.1 Å². The topological polar surface area (TPSA) is 144 Å². The summed E-state index contributed by atoms with van der Waals surface area (Å²) < 4.78 is 17.2. The van der Waals surface area contributed by atoms with Gasteiger partial charge in [-0.2, -0.15) is 5.10 Å². The number of rotatable bonds is 11. The molecule has 0 aliphatic carbocycles. The highest BCUT2D eigenvalue weighted by Crippen LogP contribution is 2.42. The molecular formula is C20H17Br3N2O8. The van der Waals surface area contributed by atoms with E-state index in [-0.39, 0.29) is 28.1 Å². The number of hydrogen-bond acceptors (Lipinski definition) is 7. The number of carboxylic acid groups (broad SMARTS) is 2.